The molecule has 0 spiro atoms. The van der Waals surface area contributed by atoms with Crippen LogP contribution < -0.4 is 10.2 Å². The van der Waals surface area contributed by atoms with Crippen LogP contribution in [0.2, 0.25) is 0 Å². The summed E-state index contributed by atoms with van der Waals surface area (Å²) in [6.07, 6.45) is 7.36. The molecule has 0 aromatic heterocycles. The maximum absolute atomic E-state index is 6.26. The van der Waals surface area contributed by atoms with Gasteiger partial charge in [-0.05, 0) is 68.4 Å². The van der Waals surface area contributed by atoms with Gasteiger partial charge in [0.15, 0.2) is 0 Å². The number of anilines is 1. The second-order valence-electron chi connectivity index (χ2n) is 8.97. The summed E-state index contributed by atoms with van der Waals surface area (Å²) in [7, 11) is 0. The lowest BCUT2D eigenvalue weighted by atomic mass is 9.88. The first-order valence-corrected chi connectivity index (χ1v) is 11.2. The van der Waals surface area contributed by atoms with E-state index in [1.807, 2.05) is 6.08 Å². The molecule has 28 heavy (non-hydrogen) atoms. The van der Waals surface area contributed by atoms with Gasteiger partial charge in [-0.15, -0.1) is 0 Å². The summed E-state index contributed by atoms with van der Waals surface area (Å²) in [6.45, 7) is 11.2. The predicted molar refractivity (Wildman–Crippen MR) is 120 cm³/mol. The first kappa shape index (κ1) is 20.3. The van der Waals surface area contributed by atoms with E-state index in [1.54, 1.807) is 0 Å². The van der Waals surface area contributed by atoms with Crippen LogP contribution >= 0.6 is 23.2 Å². The Morgan fingerprint density at radius 1 is 1.11 bits per heavy atom. The van der Waals surface area contributed by atoms with Gasteiger partial charge in [-0.2, -0.15) is 0 Å². The molecule has 1 fully saturated rings. The van der Waals surface area contributed by atoms with Gasteiger partial charge >= 0.3 is 0 Å². The Bertz CT molecular complexity index is 778. The topological polar surface area (TPSA) is 18.5 Å². The summed E-state index contributed by atoms with van der Waals surface area (Å²) in [5, 5.41) is 4.94. The zero-order valence-electron chi connectivity index (χ0n) is 17.0. The minimum Gasteiger partial charge on any atom is -0.369 e. The largest absolute Gasteiger partial charge is 0.369 e. The van der Waals surface area contributed by atoms with Crippen molar-refractivity contribution in [2.45, 2.75) is 51.7 Å². The van der Waals surface area contributed by atoms with Crippen LogP contribution in [0.3, 0.4) is 0 Å². The summed E-state index contributed by atoms with van der Waals surface area (Å²) < 4.78 is 0. The molecule has 1 aliphatic carbocycles. The molecular weight excluding hydrogens is 389 g/mol. The van der Waals surface area contributed by atoms with Gasteiger partial charge in [0.05, 0.1) is 5.03 Å². The summed E-state index contributed by atoms with van der Waals surface area (Å²) >= 11 is 12.3. The fourth-order valence-corrected chi connectivity index (χ4v) is 4.94. The third-order valence-electron chi connectivity index (χ3n) is 6.59. The van der Waals surface area contributed by atoms with E-state index in [2.05, 4.69) is 53.2 Å². The van der Waals surface area contributed by atoms with Gasteiger partial charge in [-0.1, -0.05) is 35.3 Å². The molecule has 1 unspecified atom stereocenters. The molecule has 0 amide bonds. The lowest BCUT2D eigenvalue weighted by Crippen LogP contribution is -2.43. The van der Waals surface area contributed by atoms with Crippen molar-refractivity contribution in [1.82, 2.24) is 10.2 Å². The molecule has 2 heterocycles. The highest BCUT2D eigenvalue weighted by molar-refractivity contribution is 6.40. The Morgan fingerprint density at radius 3 is 2.61 bits per heavy atom. The van der Waals surface area contributed by atoms with Gasteiger partial charge in [0.1, 0.15) is 0 Å². The van der Waals surface area contributed by atoms with E-state index in [0.29, 0.717) is 11.0 Å². The monoisotopic (exact) mass is 419 g/mol. The van der Waals surface area contributed by atoms with Gasteiger partial charge in [-0.3, -0.25) is 4.90 Å². The number of piperazine rings is 1. The standard InChI is InChI=1S/C23H31Cl2N3/c1-23(2,8-7-17-3-6-21(24)22(25)13-17)28-15-18-4-5-20(14-19(18)16-28)27-11-9-26-10-12-27/h3-6,14,17,26H,7-13,15-16H2,1-2H3. The Morgan fingerprint density at radius 2 is 1.86 bits per heavy atom. The first-order chi connectivity index (χ1) is 13.4. The normalized spacial score (nSPS) is 23.4. The van der Waals surface area contributed by atoms with Crippen molar-refractivity contribution in [2.75, 3.05) is 31.1 Å². The summed E-state index contributed by atoms with van der Waals surface area (Å²) in [5.41, 5.74) is 4.53. The van der Waals surface area contributed by atoms with Crippen molar-refractivity contribution in [3.8, 4) is 0 Å². The predicted octanol–water partition coefficient (Wildman–Crippen LogP) is 5.24. The quantitative estimate of drug-likeness (QED) is 0.703. The number of rotatable bonds is 5. The molecule has 1 atom stereocenters. The maximum Gasteiger partial charge on any atom is 0.0548 e. The molecule has 2 aliphatic heterocycles. The van der Waals surface area contributed by atoms with Crippen molar-refractivity contribution in [2.24, 2.45) is 5.92 Å². The SMILES string of the molecule is CC(C)(CCC1C=CC(Cl)=C(Cl)C1)N1Cc2ccc(N3CCNCC3)cc2C1. The minimum atomic E-state index is 0.166. The highest BCUT2D eigenvalue weighted by Crippen LogP contribution is 2.37. The molecule has 0 saturated carbocycles. The van der Waals surface area contributed by atoms with E-state index in [4.69, 9.17) is 23.2 Å². The molecule has 3 nitrogen and oxygen atoms in total. The maximum atomic E-state index is 6.26. The number of nitrogens with zero attached hydrogens (tertiary/aromatic N) is 2. The number of benzene rings is 1. The van der Waals surface area contributed by atoms with E-state index in [-0.39, 0.29) is 5.54 Å². The van der Waals surface area contributed by atoms with Crippen LogP contribution in [0.4, 0.5) is 5.69 Å². The van der Waals surface area contributed by atoms with Gasteiger partial charge in [-0.25, -0.2) is 0 Å². The number of halogens is 2. The second kappa shape index (κ2) is 8.39. The fraction of sp³-hybridized carbons (Fsp3) is 0.565. The number of allylic oxidation sites excluding steroid dienone is 4. The molecule has 0 radical (unpaired) electrons. The summed E-state index contributed by atoms with van der Waals surface area (Å²) in [4.78, 5) is 5.14. The van der Waals surface area contributed by atoms with E-state index >= 15 is 0 Å². The van der Waals surface area contributed by atoms with Crippen LogP contribution in [0.1, 0.15) is 44.2 Å². The minimum absolute atomic E-state index is 0.166. The molecule has 152 valence electrons. The van der Waals surface area contributed by atoms with Gasteiger partial charge < -0.3 is 10.2 Å². The van der Waals surface area contributed by atoms with E-state index in [9.17, 15) is 0 Å². The molecule has 0 bridgehead atoms. The second-order valence-corrected chi connectivity index (χ2v) is 9.84. The van der Waals surface area contributed by atoms with Crippen molar-refractivity contribution in [3.63, 3.8) is 0 Å². The lowest BCUT2D eigenvalue weighted by Gasteiger charge is -2.36. The summed E-state index contributed by atoms with van der Waals surface area (Å²) in [6, 6.07) is 7.08. The highest BCUT2D eigenvalue weighted by Gasteiger charge is 2.32. The third-order valence-corrected chi connectivity index (χ3v) is 7.40. The summed E-state index contributed by atoms with van der Waals surface area (Å²) in [5.74, 6) is 0.499. The van der Waals surface area contributed by atoms with Gasteiger partial charge in [0, 0.05) is 55.5 Å². The number of fused-ring (bicyclic) bond motifs is 1. The fourth-order valence-electron chi connectivity index (χ4n) is 4.53. The average molecular weight is 420 g/mol. The molecule has 3 aliphatic rings. The van der Waals surface area contributed by atoms with Crippen LogP contribution in [0.25, 0.3) is 0 Å². The van der Waals surface area contributed by atoms with E-state index < -0.39 is 0 Å². The molecule has 1 aromatic carbocycles. The molecule has 1 aromatic rings. The zero-order valence-corrected chi connectivity index (χ0v) is 18.5. The average Bonchev–Trinajstić information content (AvgIpc) is 3.14. The van der Waals surface area contributed by atoms with E-state index in [0.717, 1.165) is 63.6 Å². The zero-order chi connectivity index (χ0) is 19.7. The van der Waals surface area contributed by atoms with Crippen LogP contribution in [0.15, 0.2) is 40.4 Å². The smallest absolute Gasteiger partial charge is 0.0548 e. The van der Waals surface area contributed by atoms with Gasteiger partial charge in [0.2, 0.25) is 0 Å². The lowest BCUT2D eigenvalue weighted by molar-refractivity contribution is 0.103. The molecule has 1 N–H and O–H groups in total. The van der Waals surface area contributed by atoms with Crippen LogP contribution in [0.5, 0.6) is 0 Å². The molecule has 1 saturated heterocycles. The van der Waals surface area contributed by atoms with Crippen molar-refractivity contribution in [1.29, 1.82) is 0 Å². The Hall–Kier alpha value is -1.00. The Kier molecular flexibility index (Phi) is 6.08. The molecular formula is C23H31Cl2N3. The Labute approximate surface area is 179 Å². The Balaban J connectivity index is 1.37. The van der Waals surface area contributed by atoms with Crippen LogP contribution in [-0.4, -0.2) is 36.6 Å². The number of hydrogen-bond acceptors (Lipinski definition) is 3. The van der Waals surface area contributed by atoms with E-state index in [1.165, 1.54) is 16.8 Å². The first-order valence-electron chi connectivity index (χ1n) is 10.5. The van der Waals surface area contributed by atoms with Crippen molar-refractivity contribution < 1.29 is 0 Å². The molecule has 4 rings (SSSR count). The van der Waals surface area contributed by atoms with Crippen molar-refractivity contribution in [3.05, 3.63) is 51.5 Å². The van der Waals surface area contributed by atoms with Crippen LogP contribution in [-0.2, 0) is 13.1 Å². The molecule has 5 heteroatoms. The van der Waals surface area contributed by atoms with Crippen molar-refractivity contribution >= 4 is 28.9 Å². The van der Waals surface area contributed by atoms with Crippen LogP contribution in [0, 0.1) is 5.92 Å². The number of hydrogen-bond donors (Lipinski definition) is 1. The third kappa shape index (κ3) is 4.43. The highest BCUT2D eigenvalue weighted by atomic mass is 35.5. The van der Waals surface area contributed by atoms with Gasteiger partial charge in [0.25, 0.3) is 0 Å². The number of nitrogens with one attached hydrogen (secondary N) is 1.